The van der Waals surface area contributed by atoms with Crippen molar-refractivity contribution >= 4 is 18.3 Å². The predicted molar refractivity (Wildman–Crippen MR) is 64.0 cm³/mol. The van der Waals surface area contributed by atoms with E-state index in [4.69, 9.17) is 5.73 Å². The maximum absolute atomic E-state index is 5.72. The first kappa shape index (κ1) is 10.7. The van der Waals surface area contributed by atoms with Gasteiger partial charge in [0.1, 0.15) is 18.1 Å². The van der Waals surface area contributed by atoms with Crippen LogP contribution in [0.1, 0.15) is 0 Å². The van der Waals surface area contributed by atoms with E-state index in [2.05, 4.69) is 33.9 Å². The molecule has 0 amide bonds. The van der Waals surface area contributed by atoms with Gasteiger partial charge in [0.25, 0.3) is 0 Å². The van der Waals surface area contributed by atoms with Gasteiger partial charge < -0.3 is 11.1 Å². The monoisotopic (exact) mass is 225 g/mol. The van der Waals surface area contributed by atoms with E-state index >= 15 is 0 Å². The minimum Gasteiger partial charge on any atom is -0.357 e. The van der Waals surface area contributed by atoms with Gasteiger partial charge in [0.15, 0.2) is 0 Å². The zero-order valence-corrected chi connectivity index (χ0v) is 9.04. The van der Waals surface area contributed by atoms with Crippen molar-refractivity contribution in [3.8, 4) is 0 Å². The lowest BCUT2D eigenvalue weighted by Gasteiger charge is -2.35. The van der Waals surface area contributed by atoms with Gasteiger partial charge in [-0.3, -0.25) is 16.0 Å². The molecule has 0 spiro atoms. The van der Waals surface area contributed by atoms with Crippen molar-refractivity contribution < 1.29 is 0 Å². The predicted octanol–water partition coefficient (Wildman–Crippen LogP) is -0.380. The number of hydrogen-bond acceptors (Lipinski definition) is 6. The van der Waals surface area contributed by atoms with E-state index in [9.17, 15) is 0 Å². The minimum atomic E-state index is -0.269. The molecule has 15 heavy (non-hydrogen) atoms. The van der Waals surface area contributed by atoms with Crippen LogP contribution in [0.5, 0.6) is 0 Å². The van der Waals surface area contributed by atoms with Crippen LogP contribution in [0.3, 0.4) is 0 Å². The molecule has 1 heterocycles. The number of nitrogens with two attached hydrogens (primary N) is 1. The maximum atomic E-state index is 5.72. The third-order valence-corrected chi connectivity index (χ3v) is 2.39. The highest BCUT2D eigenvalue weighted by molar-refractivity contribution is 7.80. The second-order valence-electron chi connectivity index (χ2n) is 3.32. The lowest BCUT2D eigenvalue weighted by atomic mass is 10.3. The van der Waals surface area contributed by atoms with Crippen molar-refractivity contribution in [3.05, 3.63) is 30.3 Å². The summed E-state index contributed by atoms with van der Waals surface area (Å²) in [6, 6.07) is 9.90. The van der Waals surface area contributed by atoms with E-state index in [0.717, 1.165) is 5.69 Å². The van der Waals surface area contributed by atoms with Gasteiger partial charge in [-0.1, -0.05) is 18.2 Å². The van der Waals surface area contributed by atoms with Gasteiger partial charge >= 0.3 is 0 Å². The number of hydrogen-bond donors (Lipinski definition) is 6. The van der Waals surface area contributed by atoms with Crippen molar-refractivity contribution in [2.24, 2.45) is 5.73 Å². The Hall–Kier alpha value is -0.790. The largest absolute Gasteiger partial charge is 0.357 e. The molecule has 5 nitrogen and oxygen atoms in total. The molecule has 0 aromatic heterocycles. The van der Waals surface area contributed by atoms with Gasteiger partial charge in [-0.25, -0.2) is 0 Å². The van der Waals surface area contributed by atoms with Gasteiger partial charge in [-0.15, -0.1) is 12.6 Å². The summed E-state index contributed by atoms with van der Waals surface area (Å²) in [5, 5.41) is 12.5. The second-order valence-corrected chi connectivity index (χ2v) is 3.84. The highest BCUT2D eigenvalue weighted by Gasteiger charge is 2.21. The quantitative estimate of drug-likeness (QED) is 0.387. The molecule has 0 aliphatic carbocycles. The Morgan fingerprint density at radius 3 is 2.53 bits per heavy atom. The van der Waals surface area contributed by atoms with E-state index in [1.165, 1.54) is 0 Å². The number of nitrogens with one attached hydrogen (secondary N) is 4. The van der Waals surface area contributed by atoms with Crippen LogP contribution in [0, 0.1) is 0 Å². The molecule has 1 aromatic carbocycles. The van der Waals surface area contributed by atoms with Crippen LogP contribution < -0.4 is 27.0 Å². The molecule has 6 N–H and O–H groups in total. The highest BCUT2D eigenvalue weighted by Crippen LogP contribution is 2.06. The summed E-state index contributed by atoms with van der Waals surface area (Å²) in [6.45, 7) is 0. The van der Waals surface area contributed by atoms with Crippen molar-refractivity contribution in [3.63, 3.8) is 0 Å². The third-order valence-electron chi connectivity index (χ3n) is 2.09. The fourth-order valence-electron chi connectivity index (χ4n) is 1.44. The van der Waals surface area contributed by atoms with Crippen LogP contribution in [-0.4, -0.2) is 18.1 Å². The molecule has 1 saturated heterocycles. The van der Waals surface area contributed by atoms with Gasteiger partial charge in [-0.2, -0.15) is 0 Å². The normalized spacial score (nSPS) is 31.2. The van der Waals surface area contributed by atoms with Gasteiger partial charge in [0.2, 0.25) is 0 Å². The molecule has 2 rings (SSSR count). The summed E-state index contributed by atoms with van der Waals surface area (Å²) < 4.78 is 0. The Bertz CT molecular complexity index is 297. The van der Waals surface area contributed by atoms with Crippen LogP contribution in [0.4, 0.5) is 5.69 Å². The summed E-state index contributed by atoms with van der Waals surface area (Å²) in [5.41, 5.74) is 6.62. The van der Waals surface area contributed by atoms with E-state index in [0.29, 0.717) is 0 Å². The van der Waals surface area contributed by atoms with Crippen molar-refractivity contribution in [1.82, 2.24) is 16.0 Å². The van der Waals surface area contributed by atoms with Crippen LogP contribution in [-0.2, 0) is 0 Å². The first-order valence-corrected chi connectivity index (χ1v) is 5.29. The van der Waals surface area contributed by atoms with Crippen LogP contribution in [0.15, 0.2) is 30.3 Å². The number of benzene rings is 1. The number of thiol groups is 1. The maximum Gasteiger partial charge on any atom is 0.136 e. The Kier molecular flexibility index (Phi) is 3.45. The lowest BCUT2D eigenvalue weighted by molar-refractivity contribution is 0.269. The van der Waals surface area contributed by atoms with Crippen molar-refractivity contribution in [2.45, 2.75) is 18.1 Å². The molecule has 82 valence electrons. The summed E-state index contributed by atoms with van der Waals surface area (Å²) in [7, 11) is 0. The van der Waals surface area contributed by atoms with E-state index in [1.807, 2.05) is 30.3 Å². The SMILES string of the molecule is N[C@H]1N[C@H](S)N[C@@H](Nc2ccccc2)N1. The molecule has 0 radical (unpaired) electrons. The number of rotatable bonds is 2. The average molecular weight is 225 g/mol. The Balaban J connectivity index is 1.94. The van der Waals surface area contributed by atoms with Crippen LogP contribution in [0.25, 0.3) is 0 Å². The van der Waals surface area contributed by atoms with Crippen molar-refractivity contribution in [2.75, 3.05) is 5.32 Å². The summed E-state index contributed by atoms with van der Waals surface area (Å²) in [5.74, 6) is 0. The zero-order chi connectivity index (χ0) is 10.7. The van der Waals surface area contributed by atoms with Gasteiger partial charge in [0, 0.05) is 5.69 Å². The molecule has 1 aliphatic heterocycles. The molecule has 6 heteroatoms. The molecule has 0 saturated carbocycles. The molecular formula is C9H15N5S. The van der Waals surface area contributed by atoms with E-state index in [1.54, 1.807) is 0 Å². The number of para-hydroxylation sites is 1. The molecule has 3 atom stereocenters. The van der Waals surface area contributed by atoms with Gasteiger partial charge in [-0.05, 0) is 12.1 Å². The highest BCUT2D eigenvalue weighted by atomic mass is 32.1. The molecule has 0 bridgehead atoms. The first-order chi connectivity index (χ1) is 7.24. The topological polar surface area (TPSA) is 74.1 Å². The first-order valence-electron chi connectivity index (χ1n) is 4.77. The standard InChI is InChI=1S/C9H15N5S/c10-7-12-8(14-9(15)13-7)11-6-4-2-1-3-5-6/h1-5,7-9,11-15H,10H2/t7-,8+,9+/m1/s1. The Morgan fingerprint density at radius 1 is 1.13 bits per heavy atom. The fraction of sp³-hybridized carbons (Fsp3) is 0.333. The Labute approximate surface area is 94.2 Å². The minimum absolute atomic E-state index is 0.0915. The molecular weight excluding hydrogens is 210 g/mol. The van der Waals surface area contributed by atoms with Crippen LogP contribution in [0.2, 0.25) is 0 Å². The fourth-order valence-corrected chi connectivity index (χ4v) is 1.75. The zero-order valence-electron chi connectivity index (χ0n) is 8.14. The average Bonchev–Trinajstić information content (AvgIpc) is 2.17. The lowest BCUT2D eigenvalue weighted by Crippen LogP contribution is -2.70. The molecule has 0 unspecified atom stereocenters. The third kappa shape index (κ3) is 3.08. The summed E-state index contributed by atoms with van der Waals surface area (Å²) in [4.78, 5) is 0. The van der Waals surface area contributed by atoms with Crippen molar-refractivity contribution in [1.29, 1.82) is 0 Å². The van der Waals surface area contributed by atoms with Gasteiger partial charge in [0.05, 0.1) is 0 Å². The van der Waals surface area contributed by atoms with Crippen LogP contribution >= 0.6 is 12.6 Å². The second kappa shape index (κ2) is 4.82. The molecule has 1 aromatic rings. The summed E-state index contributed by atoms with van der Waals surface area (Å²) >= 11 is 4.26. The Morgan fingerprint density at radius 2 is 1.87 bits per heavy atom. The smallest absolute Gasteiger partial charge is 0.136 e. The summed E-state index contributed by atoms with van der Waals surface area (Å²) in [6.07, 6.45) is -0.360. The molecule has 1 fully saturated rings. The molecule has 1 aliphatic rings. The van der Waals surface area contributed by atoms with E-state index < -0.39 is 0 Å². The van der Waals surface area contributed by atoms with E-state index in [-0.39, 0.29) is 18.1 Å². The number of anilines is 1.